The van der Waals surface area contributed by atoms with E-state index in [4.69, 9.17) is 0 Å². The van der Waals surface area contributed by atoms with E-state index >= 15 is 0 Å². The van der Waals surface area contributed by atoms with Crippen LogP contribution in [0.4, 0.5) is 0 Å². The van der Waals surface area contributed by atoms with Gasteiger partial charge in [0.2, 0.25) is 0 Å². The summed E-state index contributed by atoms with van der Waals surface area (Å²) in [6, 6.07) is 77.5. The normalized spacial score (nSPS) is 13.6. The van der Waals surface area contributed by atoms with Gasteiger partial charge in [-0.05, 0) is 158 Å². The van der Waals surface area contributed by atoms with Gasteiger partial charge in [0.1, 0.15) is 0 Å². The third-order valence-electron chi connectivity index (χ3n) is 12.9. The summed E-state index contributed by atoms with van der Waals surface area (Å²) in [5.41, 5.74) is 12.8. The zero-order valence-corrected chi connectivity index (χ0v) is 33.9. The van der Waals surface area contributed by atoms with Crippen molar-refractivity contribution in [3.63, 3.8) is 0 Å². The van der Waals surface area contributed by atoms with Gasteiger partial charge in [-0.2, -0.15) is 10.0 Å². The third kappa shape index (κ3) is 5.25. The molecule has 0 fully saturated rings. The Morgan fingerprint density at radius 1 is 0.254 bits per heavy atom. The average Bonchev–Trinajstić information content (AvgIpc) is 3.51. The molecule has 0 atom stereocenters. The summed E-state index contributed by atoms with van der Waals surface area (Å²) in [5, 5.41) is 12.7. The summed E-state index contributed by atoms with van der Waals surface area (Å²) in [6.45, 7) is 0. The number of benzene rings is 11. The van der Waals surface area contributed by atoms with Crippen molar-refractivity contribution < 1.29 is 0 Å². The zero-order valence-electron chi connectivity index (χ0n) is 33.0. The Morgan fingerprint density at radius 3 is 1.56 bits per heavy atom. The molecule has 0 unspecified atom stereocenters. The quantitative estimate of drug-likeness (QED) is 0.156. The fourth-order valence-electron chi connectivity index (χ4n) is 10.0. The number of hydrogen-bond acceptors (Lipinski definition) is 0. The molecule has 11 aromatic rings. The summed E-state index contributed by atoms with van der Waals surface area (Å²) >= 11 is 0. The summed E-state index contributed by atoms with van der Waals surface area (Å²) in [6.07, 6.45) is 4.95. The molecule has 0 radical (unpaired) electrons. The van der Waals surface area contributed by atoms with Gasteiger partial charge in [-0.25, -0.2) is 0 Å². The molecule has 1 aliphatic heterocycles. The zero-order chi connectivity index (χ0) is 39.2. The van der Waals surface area contributed by atoms with E-state index in [1.165, 1.54) is 119 Å². The van der Waals surface area contributed by atoms with Crippen LogP contribution in [-0.4, -0.2) is 12.5 Å². The topological polar surface area (TPSA) is 0 Å². The summed E-state index contributed by atoms with van der Waals surface area (Å²) in [7, 11) is -1.24. The highest BCUT2D eigenvalue weighted by atomic mass is 32.3. The van der Waals surface area contributed by atoms with Gasteiger partial charge in [0, 0.05) is 9.79 Å². The predicted octanol–water partition coefficient (Wildman–Crippen LogP) is 16.6. The Morgan fingerprint density at radius 2 is 0.797 bits per heavy atom. The Bertz CT molecular complexity index is 3520. The first-order valence-corrected chi connectivity index (χ1v) is 22.9. The van der Waals surface area contributed by atoms with Crippen LogP contribution in [0, 0.1) is 0 Å². The van der Waals surface area contributed by atoms with Crippen molar-refractivity contribution in [1.82, 2.24) is 0 Å². The second-order valence-electron chi connectivity index (χ2n) is 16.4. The lowest BCUT2D eigenvalue weighted by molar-refractivity contribution is 1.46. The number of hydrogen-bond donors (Lipinski definition) is 0. The second-order valence-corrected chi connectivity index (χ2v) is 20.0. The smallest absolute Gasteiger partial charge is 0.00219 e. The van der Waals surface area contributed by atoms with Crippen LogP contribution in [0.3, 0.4) is 0 Å². The molecule has 0 nitrogen and oxygen atoms in total. The SMILES string of the molecule is CS1(C)c2ccccc2-c2cc3c(-c4ccc(-c5ccc6ccccc6c5)c5ccccc45)c4ccc(-c5ccc6ccccc6c5)cc4c(-c4ccccc4)c3cc21. The molecule has 12 rings (SSSR count). The molecule has 1 heteroatoms. The molecule has 1 aliphatic rings. The standard InChI is InChI=1S/C58H40S/c1-59(2)55-23-13-12-22-48(55)51-35-53-54(36-56(51)59)57(39-16-4-3-5-17-39)52-34-43(42-26-24-37-14-6-8-18-40(37)32-42)28-29-50(52)58(53)49-31-30-45(46-20-10-11-21-47(46)49)44-27-25-38-15-7-9-19-41(38)33-44/h3-36H,1-2H3. The average molecular weight is 769 g/mol. The van der Waals surface area contributed by atoms with Gasteiger partial charge in [0.05, 0.1) is 0 Å². The summed E-state index contributed by atoms with van der Waals surface area (Å²) < 4.78 is 0. The van der Waals surface area contributed by atoms with Crippen LogP contribution in [0.2, 0.25) is 0 Å². The maximum absolute atomic E-state index is 2.58. The second kappa shape index (κ2) is 13.0. The lowest BCUT2D eigenvalue weighted by Crippen LogP contribution is -1.96. The molecule has 1 heterocycles. The van der Waals surface area contributed by atoms with Crippen LogP contribution in [0.25, 0.3) is 109 Å². The Balaban J connectivity index is 1.21. The van der Waals surface area contributed by atoms with Crippen LogP contribution >= 0.6 is 10.0 Å². The molecule has 0 spiro atoms. The van der Waals surface area contributed by atoms with E-state index in [-0.39, 0.29) is 0 Å². The van der Waals surface area contributed by atoms with E-state index in [1.54, 1.807) is 0 Å². The van der Waals surface area contributed by atoms with Crippen molar-refractivity contribution in [3.05, 3.63) is 206 Å². The van der Waals surface area contributed by atoms with Gasteiger partial charge in [0.15, 0.2) is 0 Å². The molecule has 59 heavy (non-hydrogen) atoms. The first-order chi connectivity index (χ1) is 29.0. The number of fused-ring (bicyclic) bond motifs is 8. The van der Waals surface area contributed by atoms with E-state index in [0.29, 0.717) is 0 Å². The lowest BCUT2D eigenvalue weighted by Gasteiger charge is -2.29. The van der Waals surface area contributed by atoms with Crippen LogP contribution in [-0.2, 0) is 0 Å². The van der Waals surface area contributed by atoms with E-state index in [9.17, 15) is 0 Å². The monoisotopic (exact) mass is 768 g/mol. The van der Waals surface area contributed by atoms with E-state index in [1.807, 2.05) is 0 Å². The Hall–Kier alpha value is -6.93. The Labute approximate surface area is 346 Å². The van der Waals surface area contributed by atoms with Crippen molar-refractivity contribution in [3.8, 4) is 55.6 Å². The number of rotatable bonds is 4. The minimum Gasteiger partial charge on any atom is -0.192 e. The van der Waals surface area contributed by atoms with E-state index < -0.39 is 10.0 Å². The maximum atomic E-state index is 2.58. The first kappa shape index (κ1) is 34.1. The minimum atomic E-state index is -1.24. The van der Waals surface area contributed by atoms with Crippen molar-refractivity contribution >= 4 is 63.9 Å². The molecule has 0 aromatic heterocycles. The summed E-state index contributed by atoms with van der Waals surface area (Å²) in [4.78, 5) is 2.94. The molecule has 0 saturated heterocycles. The fourth-order valence-corrected chi connectivity index (χ4v) is 12.5. The van der Waals surface area contributed by atoms with E-state index in [2.05, 4.69) is 219 Å². The van der Waals surface area contributed by atoms with Gasteiger partial charge in [-0.15, -0.1) is 0 Å². The van der Waals surface area contributed by atoms with Gasteiger partial charge < -0.3 is 0 Å². The van der Waals surface area contributed by atoms with Gasteiger partial charge in [-0.1, -0.05) is 170 Å². The highest BCUT2D eigenvalue weighted by Gasteiger charge is 2.33. The molecule has 278 valence electrons. The molecule has 0 N–H and O–H groups in total. The minimum absolute atomic E-state index is 1.22. The van der Waals surface area contributed by atoms with E-state index in [0.717, 1.165) is 0 Å². The third-order valence-corrected chi connectivity index (χ3v) is 15.8. The predicted molar refractivity (Wildman–Crippen MR) is 257 cm³/mol. The highest BCUT2D eigenvalue weighted by molar-refractivity contribution is 8.33. The van der Waals surface area contributed by atoms with Crippen molar-refractivity contribution in [1.29, 1.82) is 0 Å². The maximum Gasteiger partial charge on any atom is 0.00219 e. The van der Waals surface area contributed by atoms with Crippen molar-refractivity contribution in [2.75, 3.05) is 12.5 Å². The van der Waals surface area contributed by atoms with Gasteiger partial charge in [0.25, 0.3) is 0 Å². The molecular formula is C58H40S. The van der Waals surface area contributed by atoms with Crippen LogP contribution in [0.1, 0.15) is 0 Å². The molecule has 0 amide bonds. The Kier molecular flexibility index (Phi) is 7.55. The van der Waals surface area contributed by atoms with Gasteiger partial charge in [-0.3, -0.25) is 0 Å². The molecular weight excluding hydrogens is 729 g/mol. The van der Waals surface area contributed by atoms with Crippen LogP contribution in [0.5, 0.6) is 0 Å². The fraction of sp³-hybridized carbons (Fsp3) is 0.0345. The first-order valence-electron chi connectivity index (χ1n) is 20.5. The molecule has 0 saturated carbocycles. The van der Waals surface area contributed by atoms with Crippen LogP contribution < -0.4 is 0 Å². The highest BCUT2D eigenvalue weighted by Crippen LogP contribution is 2.68. The summed E-state index contributed by atoms with van der Waals surface area (Å²) in [5.74, 6) is 0. The molecule has 0 bridgehead atoms. The van der Waals surface area contributed by atoms with Gasteiger partial charge >= 0.3 is 0 Å². The largest absolute Gasteiger partial charge is 0.192 e. The molecule has 11 aromatic carbocycles. The van der Waals surface area contributed by atoms with Crippen LogP contribution in [0.15, 0.2) is 216 Å². The van der Waals surface area contributed by atoms with Crippen molar-refractivity contribution in [2.24, 2.45) is 0 Å². The van der Waals surface area contributed by atoms with Crippen molar-refractivity contribution in [2.45, 2.75) is 9.79 Å². The lowest BCUT2D eigenvalue weighted by atomic mass is 9.82. The molecule has 0 aliphatic carbocycles.